The van der Waals surface area contributed by atoms with Crippen molar-refractivity contribution in [1.29, 1.82) is 0 Å². The van der Waals surface area contributed by atoms with Crippen molar-refractivity contribution in [2.45, 2.75) is 58.6 Å². The number of β-amino-alcohol motifs (C(OH)–C–C–N with tert-alkyl or cyclic N) is 1. The second kappa shape index (κ2) is 10.6. The van der Waals surface area contributed by atoms with Crippen molar-refractivity contribution in [2.24, 2.45) is 0 Å². The molecule has 2 N–H and O–H groups in total. The molecule has 1 aliphatic rings. The summed E-state index contributed by atoms with van der Waals surface area (Å²) in [5, 5.41) is 13.5. The first-order chi connectivity index (χ1) is 9.65. The Morgan fingerprint density at radius 3 is 2.45 bits per heavy atom. The zero-order valence-electron chi connectivity index (χ0n) is 13.8. The second-order valence-corrected chi connectivity index (χ2v) is 6.14. The van der Waals surface area contributed by atoms with Crippen molar-refractivity contribution in [3.63, 3.8) is 0 Å². The van der Waals surface area contributed by atoms with E-state index in [0.29, 0.717) is 6.04 Å². The van der Waals surface area contributed by atoms with Gasteiger partial charge in [0, 0.05) is 19.1 Å². The molecule has 0 saturated carbocycles. The molecule has 1 aliphatic heterocycles. The van der Waals surface area contributed by atoms with Crippen LogP contribution in [0.4, 0.5) is 0 Å². The standard InChI is InChI=1S/C16H35N3O/c1-4-18(5-2)12-8-9-15(3)17-13-16(20)14-19-10-6-7-11-19/h15-17,20H,4-14H2,1-3H3. The third-order valence-corrected chi connectivity index (χ3v) is 4.38. The smallest absolute Gasteiger partial charge is 0.0791 e. The van der Waals surface area contributed by atoms with Crippen LogP contribution in [0.15, 0.2) is 0 Å². The monoisotopic (exact) mass is 285 g/mol. The minimum absolute atomic E-state index is 0.224. The van der Waals surface area contributed by atoms with E-state index in [9.17, 15) is 5.11 Å². The molecule has 4 nitrogen and oxygen atoms in total. The molecule has 0 amide bonds. The van der Waals surface area contributed by atoms with Gasteiger partial charge in [-0.05, 0) is 65.3 Å². The highest BCUT2D eigenvalue weighted by Gasteiger charge is 2.16. The molecule has 0 aromatic carbocycles. The van der Waals surface area contributed by atoms with Crippen LogP contribution in [0, 0.1) is 0 Å². The van der Waals surface area contributed by atoms with Gasteiger partial charge in [0.15, 0.2) is 0 Å². The van der Waals surface area contributed by atoms with Gasteiger partial charge < -0.3 is 20.2 Å². The van der Waals surface area contributed by atoms with Crippen molar-refractivity contribution >= 4 is 0 Å². The van der Waals surface area contributed by atoms with Crippen molar-refractivity contribution in [2.75, 3.05) is 45.8 Å². The summed E-state index contributed by atoms with van der Waals surface area (Å²) in [5.74, 6) is 0. The average Bonchev–Trinajstić information content (AvgIpc) is 2.94. The van der Waals surface area contributed by atoms with E-state index >= 15 is 0 Å². The summed E-state index contributed by atoms with van der Waals surface area (Å²) in [5.41, 5.74) is 0. The number of nitrogens with one attached hydrogen (secondary N) is 1. The molecular formula is C16H35N3O. The van der Waals surface area contributed by atoms with Crippen LogP contribution in [0.25, 0.3) is 0 Å². The van der Waals surface area contributed by atoms with E-state index in [1.54, 1.807) is 0 Å². The van der Waals surface area contributed by atoms with E-state index in [-0.39, 0.29) is 6.10 Å². The van der Waals surface area contributed by atoms with Crippen LogP contribution in [0.3, 0.4) is 0 Å². The summed E-state index contributed by atoms with van der Waals surface area (Å²) >= 11 is 0. The summed E-state index contributed by atoms with van der Waals surface area (Å²) in [6.45, 7) is 14.0. The van der Waals surface area contributed by atoms with Crippen LogP contribution in [0.5, 0.6) is 0 Å². The van der Waals surface area contributed by atoms with Gasteiger partial charge in [-0.1, -0.05) is 13.8 Å². The first-order valence-electron chi connectivity index (χ1n) is 8.51. The highest BCUT2D eigenvalue weighted by atomic mass is 16.3. The predicted octanol–water partition coefficient (Wildman–Crippen LogP) is 1.54. The number of nitrogens with zero attached hydrogens (tertiary/aromatic N) is 2. The second-order valence-electron chi connectivity index (χ2n) is 6.14. The zero-order valence-corrected chi connectivity index (χ0v) is 13.8. The number of hydrogen-bond donors (Lipinski definition) is 2. The maximum Gasteiger partial charge on any atom is 0.0791 e. The molecular weight excluding hydrogens is 250 g/mol. The van der Waals surface area contributed by atoms with Crippen molar-refractivity contribution < 1.29 is 5.11 Å². The lowest BCUT2D eigenvalue weighted by atomic mass is 10.1. The third kappa shape index (κ3) is 7.58. The minimum atomic E-state index is -0.224. The molecule has 120 valence electrons. The molecule has 1 rings (SSSR count). The van der Waals surface area contributed by atoms with Crippen molar-refractivity contribution in [3.8, 4) is 0 Å². The van der Waals surface area contributed by atoms with E-state index < -0.39 is 0 Å². The van der Waals surface area contributed by atoms with E-state index in [4.69, 9.17) is 0 Å². The van der Waals surface area contributed by atoms with Crippen molar-refractivity contribution in [1.82, 2.24) is 15.1 Å². The Morgan fingerprint density at radius 2 is 1.85 bits per heavy atom. The van der Waals surface area contributed by atoms with Gasteiger partial charge in [-0.15, -0.1) is 0 Å². The van der Waals surface area contributed by atoms with Crippen LogP contribution in [-0.2, 0) is 0 Å². The Labute approximate surface area is 125 Å². The van der Waals surface area contributed by atoms with E-state index in [1.807, 2.05) is 0 Å². The van der Waals surface area contributed by atoms with Crippen LogP contribution in [-0.4, -0.2) is 72.9 Å². The normalized spacial score (nSPS) is 19.6. The summed E-state index contributed by atoms with van der Waals surface area (Å²) in [4.78, 5) is 4.84. The average molecular weight is 285 g/mol. The highest BCUT2D eigenvalue weighted by molar-refractivity contribution is 4.73. The Hall–Kier alpha value is -0.160. The molecule has 2 atom stereocenters. The maximum atomic E-state index is 10.0. The molecule has 20 heavy (non-hydrogen) atoms. The van der Waals surface area contributed by atoms with Crippen LogP contribution in [0.2, 0.25) is 0 Å². The van der Waals surface area contributed by atoms with Gasteiger partial charge in [-0.3, -0.25) is 0 Å². The number of aliphatic hydroxyl groups excluding tert-OH is 1. The van der Waals surface area contributed by atoms with Gasteiger partial charge >= 0.3 is 0 Å². The maximum absolute atomic E-state index is 10.0. The molecule has 0 radical (unpaired) electrons. The van der Waals surface area contributed by atoms with Crippen LogP contribution >= 0.6 is 0 Å². The first-order valence-corrected chi connectivity index (χ1v) is 8.51. The fraction of sp³-hybridized carbons (Fsp3) is 1.00. The Balaban J connectivity index is 2.02. The Bertz CT molecular complexity index is 228. The predicted molar refractivity (Wildman–Crippen MR) is 86.2 cm³/mol. The Morgan fingerprint density at radius 1 is 1.20 bits per heavy atom. The third-order valence-electron chi connectivity index (χ3n) is 4.38. The van der Waals surface area contributed by atoms with Gasteiger partial charge in [0.2, 0.25) is 0 Å². The van der Waals surface area contributed by atoms with Gasteiger partial charge in [-0.25, -0.2) is 0 Å². The summed E-state index contributed by atoms with van der Waals surface area (Å²) in [7, 11) is 0. The molecule has 0 bridgehead atoms. The van der Waals surface area contributed by atoms with Gasteiger partial charge in [-0.2, -0.15) is 0 Å². The fourth-order valence-corrected chi connectivity index (χ4v) is 2.93. The molecule has 0 aromatic rings. The quantitative estimate of drug-likeness (QED) is 0.604. The number of rotatable bonds is 11. The lowest BCUT2D eigenvalue weighted by molar-refractivity contribution is 0.120. The minimum Gasteiger partial charge on any atom is -0.390 e. The van der Waals surface area contributed by atoms with E-state index in [1.165, 1.54) is 32.2 Å². The molecule has 0 aliphatic carbocycles. The van der Waals surface area contributed by atoms with Crippen LogP contribution in [0.1, 0.15) is 46.5 Å². The van der Waals surface area contributed by atoms with Gasteiger partial charge in [0.25, 0.3) is 0 Å². The van der Waals surface area contributed by atoms with Gasteiger partial charge in [0.05, 0.1) is 6.10 Å². The largest absolute Gasteiger partial charge is 0.390 e. The highest BCUT2D eigenvalue weighted by Crippen LogP contribution is 2.07. The fourth-order valence-electron chi connectivity index (χ4n) is 2.93. The summed E-state index contributed by atoms with van der Waals surface area (Å²) < 4.78 is 0. The topological polar surface area (TPSA) is 38.7 Å². The molecule has 4 heteroatoms. The zero-order chi connectivity index (χ0) is 14.8. The van der Waals surface area contributed by atoms with Crippen molar-refractivity contribution in [3.05, 3.63) is 0 Å². The number of likely N-dealkylation sites (tertiary alicyclic amines) is 1. The number of hydrogen-bond acceptors (Lipinski definition) is 4. The first kappa shape index (κ1) is 17.9. The number of aliphatic hydroxyl groups is 1. The Kier molecular flexibility index (Phi) is 9.44. The molecule has 1 fully saturated rings. The van der Waals surface area contributed by atoms with E-state index in [2.05, 4.69) is 35.9 Å². The molecule has 1 saturated heterocycles. The summed E-state index contributed by atoms with van der Waals surface area (Å²) in [6.07, 6.45) is 4.78. The lowest BCUT2D eigenvalue weighted by Crippen LogP contribution is -2.40. The molecule has 2 unspecified atom stereocenters. The lowest BCUT2D eigenvalue weighted by Gasteiger charge is -2.22. The molecule has 0 spiro atoms. The van der Waals surface area contributed by atoms with Gasteiger partial charge in [0.1, 0.15) is 0 Å². The van der Waals surface area contributed by atoms with Crippen LogP contribution < -0.4 is 5.32 Å². The SMILES string of the molecule is CCN(CC)CCCC(C)NCC(O)CN1CCCC1. The van der Waals surface area contributed by atoms with E-state index in [0.717, 1.165) is 39.3 Å². The molecule has 0 aromatic heterocycles. The molecule has 1 heterocycles. The summed E-state index contributed by atoms with van der Waals surface area (Å²) in [6, 6.07) is 0.499.